The van der Waals surface area contributed by atoms with Crippen molar-refractivity contribution in [2.24, 2.45) is 101 Å². The molecule has 9 aliphatic rings. The number of esters is 1. The molecule has 8 fully saturated rings. The highest BCUT2D eigenvalue weighted by Crippen LogP contribution is 2.82. The van der Waals surface area contributed by atoms with Crippen molar-refractivity contribution in [3.8, 4) is 0 Å². The summed E-state index contributed by atoms with van der Waals surface area (Å²) in [5.74, 6) is 15.4. The third-order valence-corrected chi connectivity index (χ3v) is 14.3. The van der Waals surface area contributed by atoms with E-state index in [1.165, 1.54) is 44.9 Å². The van der Waals surface area contributed by atoms with Crippen LogP contribution in [0.3, 0.4) is 0 Å². The van der Waals surface area contributed by atoms with Crippen molar-refractivity contribution in [3.05, 3.63) is 12.2 Å². The van der Waals surface area contributed by atoms with Crippen molar-refractivity contribution in [2.45, 2.75) is 84.2 Å². The van der Waals surface area contributed by atoms with Gasteiger partial charge in [0.15, 0.2) is 0 Å². The summed E-state index contributed by atoms with van der Waals surface area (Å²) in [5, 5.41) is 0. The second-order valence-electron chi connectivity index (χ2n) is 16.1. The Labute approximate surface area is 212 Å². The number of hydrogen-bond acceptors (Lipinski definition) is 2. The quantitative estimate of drug-likeness (QED) is 0.245. The van der Waals surface area contributed by atoms with E-state index in [-0.39, 0.29) is 17.5 Å². The van der Waals surface area contributed by atoms with Gasteiger partial charge in [0.1, 0.15) is 5.60 Å². The molecule has 35 heavy (non-hydrogen) atoms. The highest BCUT2D eigenvalue weighted by Gasteiger charge is 2.77. The zero-order valence-corrected chi connectivity index (χ0v) is 22.2. The van der Waals surface area contributed by atoms with Crippen LogP contribution in [-0.4, -0.2) is 11.6 Å². The first kappa shape index (κ1) is 21.2. The van der Waals surface area contributed by atoms with Gasteiger partial charge >= 0.3 is 5.97 Å². The van der Waals surface area contributed by atoms with Crippen LogP contribution < -0.4 is 0 Å². The van der Waals surface area contributed by atoms with Crippen LogP contribution in [0.2, 0.25) is 0 Å². The molecule has 0 aliphatic heterocycles. The fourth-order valence-electron chi connectivity index (χ4n) is 14.4. The average Bonchev–Trinajstić information content (AvgIpc) is 3.67. The van der Waals surface area contributed by atoms with E-state index in [9.17, 15) is 4.79 Å². The van der Waals surface area contributed by atoms with E-state index < -0.39 is 0 Å². The van der Waals surface area contributed by atoms with Crippen LogP contribution in [0.4, 0.5) is 0 Å². The van der Waals surface area contributed by atoms with Crippen LogP contribution in [-0.2, 0) is 9.53 Å². The Morgan fingerprint density at radius 3 is 1.69 bits per heavy atom. The lowest BCUT2D eigenvalue weighted by Crippen LogP contribution is -2.51. The Hall–Kier alpha value is -0.790. The fraction of sp³-hybridized carbons (Fsp3) is 0.909. The zero-order valence-electron chi connectivity index (χ0n) is 22.2. The van der Waals surface area contributed by atoms with E-state index in [1.54, 1.807) is 12.8 Å². The standard InChI is InChI=1S/C33H46O2/c1-33(2,3)35-32(34)31-23-13-18(24(31)15-7-5-4-6-8-15)27-21-14-22(30(23)27)29-20-12-19(28(21)29)25-16-9-10-17(11-16)26(20)25/h9-10,15-31H,4-8,11-14H2,1-3H3. The Morgan fingerprint density at radius 2 is 1.11 bits per heavy atom. The maximum atomic E-state index is 13.9. The van der Waals surface area contributed by atoms with Crippen molar-refractivity contribution in [2.75, 3.05) is 0 Å². The normalized spacial score (nSPS) is 60.4. The van der Waals surface area contributed by atoms with Gasteiger partial charge in [0.2, 0.25) is 0 Å². The molecule has 0 aromatic carbocycles. The fourth-order valence-corrected chi connectivity index (χ4v) is 14.4. The second kappa shape index (κ2) is 6.79. The first-order chi connectivity index (χ1) is 16.9. The summed E-state index contributed by atoms with van der Waals surface area (Å²) in [6.07, 6.45) is 18.2. The van der Waals surface area contributed by atoms with Gasteiger partial charge in [-0.3, -0.25) is 4.79 Å². The van der Waals surface area contributed by atoms with Gasteiger partial charge in [0, 0.05) is 0 Å². The lowest BCUT2D eigenvalue weighted by Gasteiger charge is -2.53. The molecule has 0 radical (unpaired) electrons. The van der Waals surface area contributed by atoms with Crippen LogP contribution in [0.5, 0.6) is 0 Å². The van der Waals surface area contributed by atoms with Crippen molar-refractivity contribution < 1.29 is 9.53 Å². The Balaban J connectivity index is 1.07. The minimum atomic E-state index is -0.357. The summed E-state index contributed by atoms with van der Waals surface area (Å²) >= 11 is 0. The number of fused-ring (bicyclic) bond motifs is 23. The van der Waals surface area contributed by atoms with Crippen LogP contribution in [0.25, 0.3) is 0 Å². The van der Waals surface area contributed by atoms with Crippen molar-refractivity contribution in [3.63, 3.8) is 0 Å². The molecule has 0 spiro atoms. The Bertz CT molecular complexity index is 968. The van der Waals surface area contributed by atoms with Gasteiger partial charge in [0.05, 0.1) is 5.92 Å². The molecule has 16 unspecified atom stereocenters. The van der Waals surface area contributed by atoms with Crippen LogP contribution in [0, 0.1) is 101 Å². The largest absolute Gasteiger partial charge is 0.460 e. The van der Waals surface area contributed by atoms with E-state index in [0.29, 0.717) is 11.8 Å². The number of carbonyl (C=O) groups excluding carboxylic acids is 1. The first-order valence-corrected chi connectivity index (χ1v) is 15.8. The SMILES string of the molecule is CC(C)(C)OC(=O)C1C2CC(C1C1CCCCC1)C1C3CC(C21)C1C2CC(C4C5C=CC(C5)C24)C31. The summed E-state index contributed by atoms with van der Waals surface area (Å²) in [6.45, 7) is 6.23. The molecule has 8 bridgehead atoms. The summed E-state index contributed by atoms with van der Waals surface area (Å²) in [5.41, 5.74) is -0.357. The molecular formula is C33H46O2. The van der Waals surface area contributed by atoms with E-state index in [2.05, 4.69) is 32.9 Å². The molecule has 9 rings (SSSR count). The number of allylic oxidation sites excluding steroid dienone is 2. The monoisotopic (exact) mass is 474 g/mol. The van der Waals surface area contributed by atoms with Gasteiger partial charge in [-0.2, -0.15) is 0 Å². The smallest absolute Gasteiger partial charge is 0.310 e. The van der Waals surface area contributed by atoms with E-state index in [1.807, 2.05) is 0 Å². The van der Waals surface area contributed by atoms with Gasteiger partial charge in [0.25, 0.3) is 0 Å². The third kappa shape index (κ3) is 2.52. The van der Waals surface area contributed by atoms with Gasteiger partial charge in [-0.15, -0.1) is 0 Å². The zero-order chi connectivity index (χ0) is 23.4. The van der Waals surface area contributed by atoms with E-state index in [4.69, 9.17) is 4.74 Å². The topological polar surface area (TPSA) is 26.3 Å². The summed E-state index contributed by atoms with van der Waals surface area (Å²) in [4.78, 5) is 13.9. The summed E-state index contributed by atoms with van der Waals surface area (Å²) in [7, 11) is 0. The second-order valence-corrected chi connectivity index (χ2v) is 16.1. The molecule has 2 heteroatoms. The number of rotatable bonds is 2. The molecule has 0 aromatic rings. The highest BCUT2D eigenvalue weighted by atomic mass is 16.6. The van der Waals surface area contributed by atoms with Gasteiger partial charge in [-0.25, -0.2) is 0 Å². The highest BCUT2D eigenvalue weighted by molar-refractivity contribution is 5.74. The third-order valence-electron chi connectivity index (χ3n) is 14.3. The predicted molar refractivity (Wildman–Crippen MR) is 136 cm³/mol. The molecule has 0 heterocycles. The molecule has 0 amide bonds. The predicted octanol–water partition coefficient (Wildman–Crippen LogP) is 6.99. The summed E-state index contributed by atoms with van der Waals surface area (Å²) < 4.78 is 6.20. The maximum absolute atomic E-state index is 13.9. The molecule has 0 N–H and O–H groups in total. The lowest BCUT2D eigenvalue weighted by atomic mass is 9.52. The number of ether oxygens (including phenoxy) is 1. The maximum Gasteiger partial charge on any atom is 0.310 e. The van der Waals surface area contributed by atoms with Gasteiger partial charge in [-0.05, 0) is 141 Å². The molecule has 16 atom stereocenters. The van der Waals surface area contributed by atoms with Gasteiger partial charge < -0.3 is 4.74 Å². The van der Waals surface area contributed by atoms with Crippen LogP contribution >= 0.6 is 0 Å². The van der Waals surface area contributed by atoms with Gasteiger partial charge in [-0.1, -0.05) is 44.3 Å². The molecule has 0 aromatic heterocycles. The number of hydrogen-bond donors (Lipinski definition) is 0. The van der Waals surface area contributed by atoms with Crippen molar-refractivity contribution in [1.82, 2.24) is 0 Å². The number of carbonyl (C=O) groups is 1. The molecule has 2 nitrogen and oxygen atoms in total. The molecule has 8 saturated carbocycles. The lowest BCUT2D eigenvalue weighted by molar-refractivity contribution is -0.169. The minimum Gasteiger partial charge on any atom is -0.460 e. The summed E-state index contributed by atoms with van der Waals surface area (Å²) in [6, 6.07) is 0. The minimum absolute atomic E-state index is 0.199. The Morgan fingerprint density at radius 1 is 0.629 bits per heavy atom. The van der Waals surface area contributed by atoms with Crippen LogP contribution in [0.15, 0.2) is 12.2 Å². The molecule has 0 saturated heterocycles. The van der Waals surface area contributed by atoms with Crippen molar-refractivity contribution >= 4 is 5.97 Å². The average molecular weight is 475 g/mol. The van der Waals surface area contributed by atoms with E-state index >= 15 is 0 Å². The van der Waals surface area contributed by atoms with E-state index in [0.717, 1.165) is 82.9 Å². The van der Waals surface area contributed by atoms with Crippen LogP contribution in [0.1, 0.15) is 78.6 Å². The Kier molecular flexibility index (Phi) is 4.11. The molecule has 9 aliphatic carbocycles. The molecular weight excluding hydrogens is 428 g/mol. The molecule has 190 valence electrons. The van der Waals surface area contributed by atoms with Crippen molar-refractivity contribution in [1.29, 1.82) is 0 Å². The first-order valence-electron chi connectivity index (χ1n) is 15.8.